The van der Waals surface area contributed by atoms with Crippen LogP contribution in [-0.2, 0) is 12.8 Å². The summed E-state index contributed by atoms with van der Waals surface area (Å²) >= 11 is 0. The number of H-pyrrole nitrogens is 1. The van der Waals surface area contributed by atoms with Crippen molar-refractivity contribution in [2.75, 3.05) is 0 Å². The van der Waals surface area contributed by atoms with Crippen LogP contribution in [0, 0.1) is 10.1 Å². The van der Waals surface area contributed by atoms with Crippen LogP contribution in [0.3, 0.4) is 0 Å². The summed E-state index contributed by atoms with van der Waals surface area (Å²) in [6, 6.07) is 0. The van der Waals surface area contributed by atoms with Crippen LogP contribution in [-0.4, -0.2) is 20.3 Å². The molecule has 1 aromatic heterocycles. The minimum absolute atomic E-state index is 1.01. The SMILES string of the molecule is CCCCc1cnc(CC)[nH]1.O=[N+]([O-])O. The van der Waals surface area contributed by atoms with Gasteiger partial charge in [0, 0.05) is 18.3 Å². The van der Waals surface area contributed by atoms with Crippen LogP contribution in [0.2, 0.25) is 0 Å². The lowest BCUT2D eigenvalue weighted by Crippen LogP contribution is -1.86. The zero-order valence-electron chi connectivity index (χ0n) is 9.06. The first-order chi connectivity index (χ1) is 7.10. The quantitative estimate of drug-likeness (QED) is 0.593. The average Bonchev–Trinajstić information content (AvgIpc) is 2.61. The number of hydrogen-bond donors (Lipinski definition) is 2. The topological polar surface area (TPSA) is 92.0 Å². The van der Waals surface area contributed by atoms with Gasteiger partial charge >= 0.3 is 0 Å². The van der Waals surface area contributed by atoms with Gasteiger partial charge in [-0.1, -0.05) is 20.3 Å². The second kappa shape index (κ2) is 7.78. The summed E-state index contributed by atoms with van der Waals surface area (Å²) < 4.78 is 0. The monoisotopic (exact) mass is 215 g/mol. The molecule has 0 radical (unpaired) electrons. The zero-order chi connectivity index (χ0) is 11.7. The van der Waals surface area contributed by atoms with Crippen molar-refractivity contribution in [3.05, 3.63) is 27.8 Å². The Morgan fingerprint density at radius 1 is 1.60 bits per heavy atom. The lowest BCUT2D eigenvalue weighted by molar-refractivity contribution is -0.742. The van der Waals surface area contributed by atoms with Gasteiger partial charge in [0.2, 0.25) is 0 Å². The standard InChI is InChI=1S/C9H16N2.HNO3/c1-3-5-6-8-7-10-9(4-2)11-8;2-1(3)4/h7H,3-6H2,1-2H3,(H,10,11);(H,2,3,4). The Morgan fingerprint density at radius 2 is 2.20 bits per heavy atom. The first-order valence-corrected chi connectivity index (χ1v) is 4.96. The lowest BCUT2D eigenvalue weighted by atomic mass is 10.2. The Balaban J connectivity index is 0.000000423. The number of aromatic amines is 1. The van der Waals surface area contributed by atoms with Crippen LogP contribution >= 0.6 is 0 Å². The highest BCUT2D eigenvalue weighted by molar-refractivity contribution is 5.00. The highest BCUT2D eigenvalue weighted by atomic mass is 16.9. The van der Waals surface area contributed by atoms with E-state index in [1.54, 1.807) is 0 Å². The van der Waals surface area contributed by atoms with Gasteiger partial charge in [0.1, 0.15) is 5.82 Å². The molecule has 0 saturated carbocycles. The second-order valence-corrected chi connectivity index (χ2v) is 3.05. The van der Waals surface area contributed by atoms with E-state index >= 15 is 0 Å². The van der Waals surface area contributed by atoms with E-state index in [1.807, 2.05) is 6.20 Å². The molecule has 0 amide bonds. The zero-order valence-corrected chi connectivity index (χ0v) is 9.06. The molecule has 0 aromatic carbocycles. The number of unbranched alkanes of at least 4 members (excludes halogenated alkanes) is 1. The van der Waals surface area contributed by atoms with Gasteiger partial charge in [-0.05, 0) is 12.8 Å². The summed E-state index contributed by atoms with van der Waals surface area (Å²) in [5.41, 5.74) is 1.28. The molecular formula is C9H17N3O3. The van der Waals surface area contributed by atoms with E-state index < -0.39 is 5.09 Å². The first-order valence-electron chi connectivity index (χ1n) is 4.96. The summed E-state index contributed by atoms with van der Waals surface area (Å²) in [4.78, 5) is 15.9. The van der Waals surface area contributed by atoms with Crippen molar-refractivity contribution in [3.8, 4) is 0 Å². The highest BCUT2D eigenvalue weighted by Crippen LogP contribution is 2.02. The van der Waals surface area contributed by atoms with Crippen molar-refractivity contribution in [1.29, 1.82) is 0 Å². The molecule has 86 valence electrons. The molecule has 1 rings (SSSR count). The van der Waals surface area contributed by atoms with E-state index in [9.17, 15) is 0 Å². The van der Waals surface area contributed by atoms with Crippen molar-refractivity contribution in [2.24, 2.45) is 0 Å². The predicted molar refractivity (Wildman–Crippen MR) is 55.4 cm³/mol. The molecule has 6 nitrogen and oxygen atoms in total. The van der Waals surface area contributed by atoms with E-state index in [-0.39, 0.29) is 0 Å². The highest BCUT2D eigenvalue weighted by Gasteiger charge is 1.96. The van der Waals surface area contributed by atoms with Gasteiger partial charge in [-0.2, -0.15) is 0 Å². The molecule has 0 fully saturated rings. The molecule has 0 bridgehead atoms. The van der Waals surface area contributed by atoms with E-state index in [2.05, 4.69) is 23.8 Å². The fraction of sp³-hybridized carbons (Fsp3) is 0.667. The maximum atomic E-state index is 8.36. The summed E-state index contributed by atoms with van der Waals surface area (Å²) in [7, 11) is 0. The van der Waals surface area contributed by atoms with E-state index in [1.165, 1.54) is 18.5 Å². The summed E-state index contributed by atoms with van der Waals surface area (Å²) in [6.07, 6.45) is 6.61. The molecule has 2 N–H and O–H groups in total. The lowest BCUT2D eigenvalue weighted by Gasteiger charge is -1.92. The minimum atomic E-state index is -1.50. The predicted octanol–water partition coefficient (Wildman–Crippen LogP) is 1.97. The number of aryl methyl sites for hydroxylation is 2. The number of rotatable bonds is 4. The van der Waals surface area contributed by atoms with E-state index in [0.29, 0.717) is 0 Å². The van der Waals surface area contributed by atoms with Gasteiger partial charge in [-0.25, -0.2) is 4.98 Å². The summed E-state index contributed by atoms with van der Waals surface area (Å²) in [6.45, 7) is 4.32. The van der Waals surface area contributed by atoms with Crippen LogP contribution in [0.5, 0.6) is 0 Å². The minimum Gasteiger partial charge on any atom is -0.346 e. The molecule has 6 heteroatoms. The largest absolute Gasteiger partial charge is 0.346 e. The Labute approximate surface area is 88.5 Å². The van der Waals surface area contributed by atoms with Gasteiger partial charge < -0.3 is 10.2 Å². The maximum Gasteiger partial charge on any atom is 0.291 e. The molecule has 0 aliphatic rings. The van der Waals surface area contributed by atoms with Crippen molar-refractivity contribution in [2.45, 2.75) is 39.5 Å². The Morgan fingerprint density at radius 3 is 2.60 bits per heavy atom. The fourth-order valence-corrected chi connectivity index (χ4v) is 1.08. The molecule has 0 aliphatic heterocycles. The first kappa shape index (κ1) is 13.4. The van der Waals surface area contributed by atoms with Gasteiger partial charge in [-0.3, -0.25) is 0 Å². The number of nitrogens with one attached hydrogen (secondary N) is 1. The van der Waals surface area contributed by atoms with Crippen molar-refractivity contribution < 1.29 is 10.3 Å². The van der Waals surface area contributed by atoms with Gasteiger partial charge in [0.05, 0.1) is 0 Å². The summed E-state index contributed by atoms with van der Waals surface area (Å²) in [5, 5.41) is 13.6. The van der Waals surface area contributed by atoms with E-state index in [0.717, 1.165) is 18.7 Å². The van der Waals surface area contributed by atoms with Crippen molar-refractivity contribution in [1.82, 2.24) is 9.97 Å². The van der Waals surface area contributed by atoms with Gasteiger partial charge in [0.25, 0.3) is 5.09 Å². The van der Waals surface area contributed by atoms with Crippen LogP contribution < -0.4 is 0 Å². The molecule has 0 atom stereocenters. The third-order valence-corrected chi connectivity index (χ3v) is 1.82. The molecule has 15 heavy (non-hydrogen) atoms. The van der Waals surface area contributed by atoms with Crippen LogP contribution in [0.4, 0.5) is 0 Å². The Bertz CT molecular complexity index is 282. The Hall–Kier alpha value is -1.59. The fourth-order valence-electron chi connectivity index (χ4n) is 1.08. The number of hydrogen-bond acceptors (Lipinski definition) is 3. The van der Waals surface area contributed by atoms with Crippen LogP contribution in [0.15, 0.2) is 6.20 Å². The number of aromatic nitrogens is 2. The van der Waals surface area contributed by atoms with Crippen molar-refractivity contribution >= 4 is 0 Å². The normalized spacial score (nSPS) is 9.20. The second-order valence-electron chi connectivity index (χ2n) is 3.05. The number of nitrogens with zero attached hydrogens (tertiary/aromatic N) is 2. The molecule has 0 aliphatic carbocycles. The third-order valence-electron chi connectivity index (χ3n) is 1.82. The molecule has 0 saturated heterocycles. The number of imidazole rings is 1. The molecule has 1 heterocycles. The van der Waals surface area contributed by atoms with Gasteiger partial charge in [-0.15, -0.1) is 10.1 Å². The van der Waals surface area contributed by atoms with Crippen LogP contribution in [0.1, 0.15) is 38.2 Å². The molecule has 0 spiro atoms. The van der Waals surface area contributed by atoms with E-state index in [4.69, 9.17) is 15.3 Å². The average molecular weight is 215 g/mol. The van der Waals surface area contributed by atoms with Gasteiger partial charge in [0.15, 0.2) is 0 Å². The molecule has 0 unspecified atom stereocenters. The molecule has 1 aromatic rings. The Kier molecular flexibility index (Phi) is 6.96. The molecular weight excluding hydrogens is 198 g/mol. The summed E-state index contributed by atoms with van der Waals surface area (Å²) in [5.74, 6) is 1.11. The smallest absolute Gasteiger partial charge is 0.291 e. The third kappa shape index (κ3) is 7.48. The maximum absolute atomic E-state index is 8.36. The van der Waals surface area contributed by atoms with Crippen molar-refractivity contribution in [3.63, 3.8) is 0 Å². The van der Waals surface area contributed by atoms with Crippen LogP contribution in [0.25, 0.3) is 0 Å².